The Morgan fingerprint density at radius 1 is 1.28 bits per heavy atom. The van der Waals surface area contributed by atoms with E-state index in [1.54, 1.807) is 6.33 Å². The molecule has 0 bridgehead atoms. The molecule has 0 amide bonds. The Morgan fingerprint density at radius 3 is 3.11 bits per heavy atom. The summed E-state index contributed by atoms with van der Waals surface area (Å²) in [4.78, 5) is 8.47. The molecule has 2 aromatic rings. The minimum Gasteiger partial charge on any atom is -0.477 e. The van der Waals surface area contributed by atoms with E-state index >= 15 is 0 Å². The van der Waals surface area contributed by atoms with Gasteiger partial charge < -0.3 is 10.1 Å². The Bertz CT molecular complexity index is 518. The molecule has 2 heterocycles. The standard InChI is InChI=1S/C14H17N3O/c1-2-6-13-12(5-1)14(17-10-16-13)18-9-11-4-3-7-15-8-11/h1-2,5-6,10-11,15H,3-4,7-9H2. The van der Waals surface area contributed by atoms with Gasteiger partial charge in [0.2, 0.25) is 5.88 Å². The van der Waals surface area contributed by atoms with Gasteiger partial charge in [0.15, 0.2) is 0 Å². The average Bonchev–Trinajstić information content (AvgIpc) is 2.46. The molecule has 1 aromatic heterocycles. The Morgan fingerprint density at radius 2 is 2.22 bits per heavy atom. The molecule has 0 saturated carbocycles. The van der Waals surface area contributed by atoms with Gasteiger partial charge in [-0.15, -0.1) is 0 Å². The van der Waals surface area contributed by atoms with Gasteiger partial charge in [-0.25, -0.2) is 9.97 Å². The average molecular weight is 243 g/mol. The van der Waals surface area contributed by atoms with Crippen LogP contribution in [-0.4, -0.2) is 29.7 Å². The quantitative estimate of drug-likeness (QED) is 0.895. The third-order valence-electron chi connectivity index (χ3n) is 3.36. The fourth-order valence-corrected chi connectivity index (χ4v) is 2.36. The summed E-state index contributed by atoms with van der Waals surface area (Å²) in [6.07, 6.45) is 4.03. The molecule has 1 N–H and O–H groups in total. The number of nitrogens with zero attached hydrogens (tertiary/aromatic N) is 2. The number of hydrogen-bond donors (Lipinski definition) is 1. The molecule has 1 aliphatic rings. The van der Waals surface area contributed by atoms with Crippen molar-refractivity contribution in [3.63, 3.8) is 0 Å². The Hall–Kier alpha value is -1.68. The highest BCUT2D eigenvalue weighted by molar-refractivity contribution is 5.82. The van der Waals surface area contributed by atoms with Crippen molar-refractivity contribution < 1.29 is 4.74 Å². The first-order valence-corrected chi connectivity index (χ1v) is 6.47. The predicted molar refractivity (Wildman–Crippen MR) is 70.6 cm³/mol. The highest BCUT2D eigenvalue weighted by Gasteiger charge is 2.14. The summed E-state index contributed by atoms with van der Waals surface area (Å²) in [6.45, 7) is 2.91. The lowest BCUT2D eigenvalue weighted by molar-refractivity contribution is 0.214. The molecule has 1 unspecified atom stereocenters. The van der Waals surface area contributed by atoms with Gasteiger partial charge in [0, 0.05) is 12.5 Å². The van der Waals surface area contributed by atoms with Crippen molar-refractivity contribution in [2.45, 2.75) is 12.8 Å². The molecule has 1 fully saturated rings. The summed E-state index contributed by atoms with van der Waals surface area (Å²) in [5.41, 5.74) is 0.935. The zero-order chi connectivity index (χ0) is 12.2. The van der Waals surface area contributed by atoms with Crippen molar-refractivity contribution in [1.82, 2.24) is 15.3 Å². The molecule has 1 atom stereocenters. The number of hydrogen-bond acceptors (Lipinski definition) is 4. The zero-order valence-corrected chi connectivity index (χ0v) is 10.3. The van der Waals surface area contributed by atoms with E-state index in [0.717, 1.165) is 30.6 Å². The van der Waals surface area contributed by atoms with Crippen molar-refractivity contribution >= 4 is 10.9 Å². The molecule has 4 nitrogen and oxygen atoms in total. The van der Waals surface area contributed by atoms with E-state index in [9.17, 15) is 0 Å². The molecular weight excluding hydrogens is 226 g/mol. The van der Waals surface area contributed by atoms with Crippen molar-refractivity contribution in [2.75, 3.05) is 19.7 Å². The van der Waals surface area contributed by atoms with Crippen molar-refractivity contribution in [3.05, 3.63) is 30.6 Å². The predicted octanol–water partition coefficient (Wildman–Crippen LogP) is 2.01. The summed E-state index contributed by atoms with van der Waals surface area (Å²) in [6, 6.07) is 7.95. The SMILES string of the molecule is c1ccc2c(OCC3CCCNC3)ncnc2c1. The third kappa shape index (κ3) is 2.43. The Labute approximate surface area is 106 Å². The molecule has 0 aliphatic carbocycles. The molecule has 1 saturated heterocycles. The molecule has 0 radical (unpaired) electrons. The van der Waals surface area contributed by atoms with Gasteiger partial charge in [0.1, 0.15) is 6.33 Å². The van der Waals surface area contributed by atoms with E-state index in [4.69, 9.17) is 4.74 Å². The largest absolute Gasteiger partial charge is 0.477 e. The van der Waals surface area contributed by atoms with Crippen LogP contribution in [0.5, 0.6) is 5.88 Å². The van der Waals surface area contributed by atoms with Crippen LogP contribution < -0.4 is 10.1 Å². The number of piperidine rings is 1. The van der Waals surface area contributed by atoms with Crippen LogP contribution in [0.15, 0.2) is 30.6 Å². The topological polar surface area (TPSA) is 47.0 Å². The van der Waals surface area contributed by atoms with E-state index in [1.165, 1.54) is 12.8 Å². The lowest BCUT2D eigenvalue weighted by Crippen LogP contribution is -2.33. The number of nitrogens with one attached hydrogen (secondary N) is 1. The van der Waals surface area contributed by atoms with E-state index in [0.29, 0.717) is 11.8 Å². The molecule has 18 heavy (non-hydrogen) atoms. The Balaban J connectivity index is 1.74. The lowest BCUT2D eigenvalue weighted by Gasteiger charge is -2.22. The summed E-state index contributed by atoms with van der Waals surface area (Å²) in [7, 11) is 0. The molecule has 3 rings (SSSR count). The number of fused-ring (bicyclic) bond motifs is 1. The fourth-order valence-electron chi connectivity index (χ4n) is 2.36. The smallest absolute Gasteiger partial charge is 0.224 e. The summed E-state index contributed by atoms with van der Waals surface area (Å²) in [5.74, 6) is 1.29. The van der Waals surface area contributed by atoms with Crippen LogP contribution in [0.25, 0.3) is 10.9 Å². The van der Waals surface area contributed by atoms with E-state index in [1.807, 2.05) is 24.3 Å². The van der Waals surface area contributed by atoms with Crippen molar-refractivity contribution in [2.24, 2.45) is 5.92 Å². The maximum Gasteiger partial charge on any atom is 0.224 e. The van der Waals surface area contributed by atoms with Crippen LogP contribution >= 0.6 is 0 Å². The van der Waals surface area contributed by atoms with Crippen molar-refractivity contribution in [1.29, 1.82) is 0 Å². The monoisotopic (exact) mass is 243 g/mol. The van der Waals surface area contributed by atoms with Gasteiger partial charge in [-0.05, 0) is 31.5 Å². The minimum atomic E-state index is 0.590. The maximum atomic E-state index is 5.87. The maximum absolute atomic E-state index is 5.87. The summed E-state index contributed by atoms with van der Waals surface area (Å²) < 4.78 is 5.87. The van der Waals surface area contributed by atoms with E-state index < -0.39 is 0 Å². The van der Waals surface area contributed by atoms with Crippen LogP contribution in [0, 0.1) is 5.92 Å². The van der Waals surface area contributed by atoms with Gasteiger partial charge in [-0.3, -0.25) is 0 Å². The van der Waals surface area contributed by atoms with Gasteiger partial charge in [0.05, 0.1) is 17.5 Å². The number of para-hydroxylation sites is 1. The van der Waals surface area contributed by atoms with E-state index in [2.05, 4.69) is 15.3 Å². The molecule has 1 aliphatic heterocycles. The first-order chi connectivity index (χ1) is 8.93. The van der Waals surface area contributed by atoms with Crippen LogP contribution in [-0.2, 0) is 0 Å². The normalized spacial score (nSPS) is 19.9. The highest BCUT2D eigenvalue weighted by Crippen LogP contribution is 2.21. The number of aromatic nitrogens is 2. The first-order valence-electron chi connectivity index (χ1n) is 6.47. The Kier molecular flexibility index (Phi) is 3.37. The highest BCUT2D eigenvalue weighted by atomic mass is 16.5. The van der Waals surface area contributed by atoms with Crippen LogP contribution in [0.3, 0.4) is 0 Å². The zero-order valence-electron chi connectivity index (χ0n) is 10.3. The molecule has 0 spiro atoms. The summed E-state index contributed by atoms with van der Waals surface area (Å²) >= 11 is 0. The van der Waals surface area contributed by atoms with Gasteiger partial charge in [0.25, 0.3) is 0 Å². The van der Waals surface area contributed by atoms with E-state index in [-0.39, 0.29) is 0 Å². The van der Waals surface area contributed by atoms with Gasteiger partial charge in [-0.1, -0.05) is 12.1 Å². The molecule has 4 heteroatoms. The molecule has 94 valence electrons. The van der Waals surface area contributed by atoms with Crippen LogP contribution in [0.1, 0.15) is 12.8 Å². The minimum absolute atomic E-state index is 0.590. The molecular formula is C14H17N3O. The second-order valence-corrected chi connectivity index (χ2v) is 4.72. The third-order valence-corrected chi connectivity index (χ3v) is 3.36. The second-order valence-electron chi connectivity index (χ2n) is 4.72. The number of rotatable bonds is 3. The fraction of sp³-hybridized carbons (Fsp3) is 0.429. The molecule has 1 aromatic carbocycles. The first kappa shape index (κ1) is 11.4. The van der Waals surface area contributed by atoms with Gasteiger partial charge in [-0.2, -0.15) is 0 Å². The number of benzene rings is 1. The van der Waals surface area contributed by atoms with Crippen LogP contribution in [0.4, 0.5) is 0 Å². The summed E-state index contributed by atoms with van der Waals surface area (Å²) in [5, 5.41) is 4.39. The number of ether oxygens (including phenoxy) is 1. The van der Waals surface area contributed by atoms with Crippen molar-refractivity contribution in [3.8, 4) is 5.88 Å². The van der Waals surface area contributed by atoms with Crippen LogP contribution in [0.2, 0.25) is 0 Å². The lowest BCUT2D eigenvalue weighted by atomic mass is 10.0. The van der Waals surface area contributed by atoms with Gasteiger partial charge >= 0.3 is 0 Å². The second kappa shape index (κ2) is 5.31.